The molecule has 3 saturated carbocycles. The Morgan fingerprint density at radius 2 is 0.812 bits per heavy atom. The van der Waals surface area contributed by atoms with E-state index in [1.165, 1.54) is 128 Å². The van der Waals surface area contributed by atoms with Crippen LogP contribution in [0.1, 0.15) is 148 Å². The van der Waals surface area contributed by atoms with Crippen molar-refractivity contribution in [3.8, 4) is 0 Å². The van der Waals surface area contributed by atoms with E-state index in [1.807, 2.05) is 0 Å². The third-order valence-corrected chi connectivity index (χ3v) is 8.08. The van der Waals surface area contributed by atoms with E-state index in [9.17, 15) is 0 Å². The van der Waals surface area contributed by atoms with Crippen LogP contribution in [-0.4, -0.2) is 30.2 Å². The van der Waals surface area contributed by atoms with E-state index < -0.39 is 5.97 Å². The Bertz CT molecular complexity index is 403. The Balaban J connectivity index is 1.59. The molecule has 3 aliphatic rings. The monoisotopic (exact) mass is 470 g/mol. The van der Waals surface area contributed by atoms with Crippen LogP contribution in [0.2, 0.25) is 0 Å². The van der Waals surface area contributed by atoms with E-state index in [2.05, 4.69) is 0 Å². The summed E-state index contributed by atoms with van der Waals surface area (Å²) >= 11 is 5.81. The molecule has 0 N–H and O–H groups in total. The summed E-state index contributed by atoms with van der Waals surface area (Å²) in [7, 11) is 0. The minimum absolute atomic E-state index is 0.312. The Morgan fingerprint density at radius 1 is 0.469 bits per heavy atom. The molecule has 0 aromatic rings. The van der Waals surface area contributed by atoms with Gasteiger partial charge in [0.05, 0.1) is 18.3 Å². The molecule has 0 unspecified atom stereocenters. The molecule has 3 aliphatic carbocycles. The minimum atomic E-state index is -0.801. The van der Waals surface area contributed by atoms with E-state index in [-0.39, 0.29) is 0 Å². The van der Waals surface area contributed by atoms with Gasteiger partial charge in [0.25, 0.3) is 5.97 Å². The van der Waals surface area contributed by atoms with E-state index in [1.54, 1.807) is 0 Å². The first kappa shape index (κ1) is 26.8. The van der Waals surface area contributed by atoms with Crippen LogP contribution in [0.3, 0.4) is 0 Å². The second-order valence-corrected chi connectivity index (χ2v) is 11.1. The van der Waals surface area contributed by atoms with Crippen molar-refractivity contribution in [2.24, 2.45) is 0 Å². The molecule has 188 valence electrons. The second-order valence-electron chi connectivity index (χ2n) is 10.7. The lowest BCUT2D eigenvalue weighted by Crippen LogP contribution is -2.48. The Labute approximate surface area is 203 Å². The van der Waals surface area contributed by atoms with Crippen LogP contribution < -0.4 is 0 Å². The van der Waals surface area contributed by atoms with Gasteiger partial charge in [-0.25, -0.2) is 0 Å². The third kappa shape index (κ3) is 10.2. The van der Waals surface area contributed by atoms with Crippen molar-refractivity contribution in [3.05, 3.63) is 0 Å². The highest BCUT2D eigenvalue weighted by Crippen LogP contribution is 2.37. The molecule has 0 radical (unpaired) electrons. The lowest BCUT2D eigenvalue weighted by atomic mass is 9.96. The van der Waals surface area contributed by atoms with Crippen molar-refractivity contribution in [3.63, 3.8) is 0 Å². The molecule has 3 rings (SSSR count). The highest BCUT2D eigenvalue weighted by atomic mass is 35.5. The summed E-state index contributed by atoms with van der Waals surface area (Å²) in [6.07, 6.45) is 29.4. The first-order valence-electron chi connectivity index (χ1n) is 14.4. The summed E-state index contributed by atoms with van der Waals surface area (Å²) in [6.45, 7) is 0. The quantitative estimate of drug-likeness (QED) is 0.136. The van der Waals surface area contributed by atoms with E-state index in [0.717, 1.165) is 25.1 Å². The van der Waals surface area contributed by atoms with Gasteiger partial charge in [-0.1, -0.05) is 89.9 Å². The van der Waals surface area contributed by atoms with Gasteiger partial charge in [-0.2, -0.15) is 0 Å². The normalized spacial score (nSPS) is 22.4. The molecule has 0 amide bonds. The molecule has 0 heterocycles. The molecule has 0 saturated heterocycles. The van der Waals surface area contributed by atoms with Crippen molar-refractivity contribution in [1.29, 1.82) is 0 Å². The predicted octanol–water partition coefficient (Wildman–Crippen LogP) is 9.05. The zero-order valence-electron chi connectivity index (χ0n) is 20.8. The van der Waals surface area contributed by atoms with Crippen molar-refractivity contribution in [2.75, 3.05) is 5.88 Å². The summed E-state index contributed by atoms with van der Waals surface area (Å²) in [5.74, 6) is 0.00266. The number of unbranched alkanes of at least 4 members (excludes halogenated alkanes) is 6. The molecule has 0 spiro atoms. The second kappa shape index (κ2) is 16.0. The zero-order valence-corrected chi connectivity index (χ0v) is 21.6. The molecule has 0 aromatic heterocycles. The first-order valence-corrected chi connectivity index (χ1v) is 14.9. The summed E-state index contributed by atoms with van der Waals surface area (Å²) < 4.78 is 20.7. The Morgan fingerprint density at radius 3 is 1.19 bits per heavy atom. The van der Waals surface area contributed by atoms with Gasteiger partial charge in [0, 0.05) is 12.3 Å². The smallest absolute Gasteiger partial charge is 0.283 e. The average molecular weight is 471 g/mol. The third-order valence-electron chi connectivity index (χ3n) is 7.81. The van der Waals surface area contributed by atoms with Crippen molar-refractivity contribution >= 4 is 11.6 Å². The highest BCUT2D eigenvalue weighted by Gasteiger charge is 2.41. The van der Waals surface area contributed by atoms with Crippen LogP contribution in [0.5, 0.6) is 0 Å². The molecule has 0 aliphatic heterocycles. The van der Waals surface area contributed by atoms with Gasteiger partial charge in [0.2, 0.25) is 0 Å². The maximum Gasteiger partial charge on any atom is 0.283 e. The average Bonchev–Trinajstić information content (AvgIpc) is 2.83. The zero-order chi connectivity index (χ0) is 22.3. The van der Waals surface area contributed by atoms with E-state index in [0.29, 0.717) is 18.3 Å². The maximum absolute atomic E-state index is 6.89. The predicted molar refractivity (Wildman–Crippen MR) is 134 cm³/mol. The van der Waals surface area contributed by atoms with Crippen LogP contribution in [0.15, 0.2) is 0 Å². The van der Waals surface area contributed by atoms with Crippen LogP contribution in [0.4, 0.5) is 0 Å². The van der Waals surface area contributed by atoms with Crippen LogP contribution >= 0.6 is 11.6 Å². The molecule has 3 nitrogen and oxygen atoms in total. The first-order chi connectivity index (χ1) is 15.8. The molecule has 4 heteroatoms. The number of rotatable bonds is 15. The fourth-order valence-corrected chi connectivity index (χ4v) is 6.08. The molecule has 0 aromatic carbocycles. The Kier molecular flexibility index (Phi) is 13.3. The molecule has 0 atom stereocenters. The fraction of sp³-hybridized carbons (Fsp3) is 1.00. The molecule has 0 bridgehead atoms. The number of hydrogen-bond acceptors (Lipinski definition) is 3. The van der Waals surface area contributed by atoms with Crippen LogP contribution in [0, 0.1) is 0 Å². The van der Waals surface area contributed by atoms with Gasteiger partial charge < -0.3 is 14.2 Å². The van der Waals surface area contributed by atoms with Gasteiger partial charge in [-0.3, -0.25) is 0 Å². The molecular formula is C28H51ClO3. The Hall–Kier alpha value is 0.170. The van der Waals surface area contributed by atoms with Gasteiger partial charge in [-0.15, -0.1) is 11.6 Å². The van der Waals surface area contributed by atoms with E-state index in [4.69, 9.17) is 25.8 Å². The fourth-order valence-electron chi connectivity index (χ4n) is 5.89. The van der Waals surface area contributed by atoms with Gasteiger partial charge >= 0.3 is 0 Å². The summed E-state index contributed by atoms with van der Waals surface area (Å²) in [6, 6.07) is 0. The lowest BCUT2D eigenvalue weighted by molar-refractivity contribution is -0.424. The largest absolute Gasteiger partial charge is 0.324 e. The van der Waals surface area contributed by atoms with Gasteiger partial charge in [-0.05, 0) is 51.4 Å². The topological polar surface area (TPSA) is 27.7 Å². The standard InChI is InChI=1S/C28H51ClO3/c29-24-16-5-3-1-2-4-15-23-28(30-25-17-9-6-10-18-25,31-26-19-11-7-12-20-26)32-27-21-13-8-14-22-27/h25-27H,1-24H2. The maximum atomic E-state index is 6.89. The highest BCUT2D eigenvalue weighted by molar-refractivity contribution is 6.17. The number of ether oxygens (including phenoxy) is 3. The molecule has 3 fully saturated rings. The van der Waals surface area contributed by atoms with E-state index >= 15 is 0 Å². The van der Waals surface area contributed by atoms with Gasteiger partial charge in [0.15, 0.2) is 0 Å². The molecular weight excluding hydrogens is 420 g/mol. The summed E-state index contributed by atoms with van der Waals surface area (Å²) in [5.41, 5.74) is 0. The SMILES string of the molecule is ClCCCCCCCCCC(OC1CCCCC1)(OC1CCCCC1)OC1CCCCC1. The van der Waals surface area contributed by atoms with Crippen LogP contribution in [0.25, 0.3) is 0 Å². The minimum Gasteiger partial charge on any atom is -0.324 e. The summed E-state index contributed by atoms with van der Waals surface area (Å²) in [4.78, 5) is 0. The number of alkyl halides is 1. The van der Waals surface area contributed by atoms with Gasteiger partial charge in [0.1, 0.15) is 0 Å². The van der Waals surface area contributed by atoms with Crippen molar-refractivity contribution < 1.29 is 14.2 Å². The molecule has 32 heavy (non-hydrogen) atoms. The number of hydrogen-bond donors (Lipinski definition) is 0. The number of halogens is 1. The summed E-state index contributed by atoms with van der Waals surface area (Å²) in [5, 5.41) is 0. The van der Waals surface area contributed by atoms with Crippen molar-refractivity contribution in [1.82, 2.24) is 0 Å². The van der Waals surface area contributed by atoms with Crippen LogP contribution in [-0.2, 0) is 14.2 Å². The van der Waals surface area contributed by atoms with Crippen molar-refractivity contribution in [2.45, 2.75) is 172 Å². The lowest BCUT2D eigenvalue weighted by Gasteiger charge is -2.43.